The molecule has 1 aliphatic rings. The molecule has 2 rings (SSSR count). The SMILES string of the molecule is C[C@H](OC(=O)CCC(=O)c1ccc(F)cc1)C(=O)N[C@H]1CCCC[C@@H]1C. The molecule has 1 N–H and O–H groups in total. The molecule has 1 aromatic carbocycles. The van der Waals surface area contributed by atoms with Crippen molar-refractivity contribution in [1.82, 2.24) is 5.32 Å². The Bertz CT molecular complexity index is 644. The average molecular weight is 363 g/mol. The Kier molecular flexibility index (Phi) is 7.30. The number of benzene rings is 1. The van der Waals surface area contributed by atoms with Gasteiger partial charge in [-0.05, 0) is 49.9 Å². The Balaban J connectivity index is 1.74. The highest BCUT2D eigenvalue weighted by Gasteiger charge is 2.26. The summed E-state index contributed by atoms with van der Waals surface area (Å²) in [7, 11) is 0. The summed E-state index contributed by atoms with van der Waals surface area (Å²) in [4.78, 5) is 36.1. The predicted molar refractivity (Wildman–Crippen MR) is 95.1 cm³/mol. The number of ether oxygens (including phenoxy) is 1. The van der Waals surface area contributed by atoms with Gasteiger partial charge in [-0.1, -0.05) is 19.8 Å². The van der Waals surface area contributed by atoms with E-state index >= 15 is 0 Å². The molecule has 1 fully saturated rings. The molecule has 0 bridgehead atoms. The summed E-state index contributed by atoms with van der Waals surface area (Å²) in [5.74, 6) is -1.17. The monoisotopic (exact) mass is 363 g/mol. The van der Waals surface area contributed by atoms with E-state index in [4.69, 9.17) is 4.74 Å². The molecular weight excluding hydrogens is 337 g/mol. The van der Waals surface area contributed by atoms with Crippen molar-refractivity contribution in [2.75, 3.05) is 0 Å². The van der Waals surface area contributed by atoms with Gasteiger partial charge in [0, 0.05) is 18.0 Å². The van der Waals surface area contributed by atoms with Crippen LogP contribution >= 0.6 is 0 Å². The van der Waals surface area contributed by atoms with Crippen molar-refractivity contribution in [3.63, 3.8) is 0 Å². The van der Waals surface area contributed by atoms with E-state index in [1.54, 1.807) is 0 Å². The zero-order valence-electron chi connectivity index (χ0n) is 15.3. The minimum absolute atomic E-state index is 0.0432. The molecule has 5 nitrogen and oxygen atoms in total. The number of amides is 1. The van der Waals surface area contributed by atoms with Crippen molar-refractivity contribution in [1.29, 1.82) is 0 Å². The molecule has 0 saturated heterocycles. The number of hydrogen-bond acceptors (Lipinski definition) is 4. The van der Waals surface area contributed by atoms with Crippen LogP contribution in [0.15, 0.2) is 24.3 Å². The number of hydrogen-bond donors (Lipinski definition) is 1. The molecule has 142 valence electrons. The van der Waals surface area contributed by atoms with Gasteiger partial charge in [0.05, 0.1) is 6.42 Å². The fourth-order valence-electron chi connectivity index (χ4n) is 3.14. The molecule has 3 atom stereocenters. The van der Waals surface area contributed by atoms with E-state index in [1.165, 1.54) is 37.6 Å². The molecule has 1 aliphatic carbocycles. The van der Waals surface area contributed by atoms with E-state index in [0.717, 1.165) is 19.3 Å². The lowest BCUT2D eigenvalue weighted by atomic mass is 9.86. The topological polar surface area (TPSA) is 72.5 Å². The third kappa shape index (κ3) is 5.93. The minimum atomic E-state index is -0.891. The molecule has 1 amide bonds. The zero-order chi connectivity index (χ0) is 19.1. The van der Waals surface area contributed by atoms with Gasteiger partial charge in [0.2, 0.25) is 0 Å². The average Bonchev–Trinajstić information content (AvgIpc) is 2.62. The Morgan fingerprint density at radius 3 is 2.46 bits per heavy atom. The Morgan fingerprint density at radius 1 is 1.15 bits per heavy atom. The molecule has 0 aromatic heterocycles. The third-order valence-corrected chi connectivity index (χ3v) is 4.84. The van der Waals surface area contributed by atoms with Gasteiger partial charge in [0.25, 0.3) is 5.91 Å². The van der Waals surface area contributed by atoms with Gasteiger partial charge in [-0.2, -0.15) is 0 Å². The van der Waals surface area contributed by atoms with Gasteiger partial charge in [-0.3, -0.25) is 14.4 Å². The Morgan fingerprint density at radius 2 is 1.81 bits per heavy atom. The van der Waals surface area contributed by atoms with Crippen LogP contribution < -0.4 is 5.32 Å². The van der Waals surface area contributed by atoms with Crippen molar-refractivity contribution < 1.29 is 23.5 Å². The molecule has 0 unspecified atom stereocenters. The predicted octanol–water partition coefficient (Wildman–Crippen LogP) is 3.42. The first-order chi connectivity index (χ1) is 12.4. The van der Waals surface area contributed by atoms with Crippen LogP contribution in [0.4, 0.5) is 4.39 Å². The molecule has 6 heteroatoms. The lowest BCUT2D eigenvalue weighted by Gasteiger charge is -2.30. The van der Waals surface area contributed by atoms with Crippen molar-refractivity contribution in [3.05, 3.63) is 35.6 Å². The van der Waals surface area contributed by atoms with Crippen LogP contribution in [0.2, 0.25) is 0 Å². The highest BCUT2D eigenvalue weighted by Crippen LogP contribution is 2.23. The number of rotatable bonds is 7. The maximum atomic E-state index is 12.9. The van der Waals surface area contributed by atoms with Crippen LogP contribution in [0.1, 0.15) is 62.7 Å². The number of ketones is 1. The first-order valence-electron chi connectivity index (χ1n) is 9.15. The van der Waals surface area contributed by atoms with Crippen LogP contribution in [-0.4, -0.2) is 29.8 Å². The maximum Gasteiger partial charge on any atom is 0.307 e. The summed E-state index contributed by atoms with van der Waals surface area (Å²) in [5.41, 5.74) is 0.344. The lowest BCUT2D eigenvalue weighted by Crippen LogP contribution is -2.46. The second kappa shape index (κ2) is 9.46. The number of nitrogens with one attached hydrogen (secondary N) is 1. The van der Waals surface area contributed by atoms with Crippen LogP contribution in [0, 0.1) is 11.7 Å². The third-order valence-electron chi connectivity index (χ3n) is 4.84. The number of carbonyl (C=O) groups is 3. The molecule has 26 heavy (non-hydrogen) atoms. The fraction of sp³-hybridized carbons (Fsp3) is 0.550. The van der Waals surface area contributed by atoms with Gasteiger partial charge in [0.1, 0.15) is 5.82 Å². The lowest BCUT2D eigenvalue weighted by molar-refractivity contribution is -0.155. The molecule has 0 heterocycles. The van der Waals surface area contributed by atoms with Crippen LogP contribution in [-0.2, 0) is 14.3 Å². The number of carbonyl (C=O) groups excluding carboxylic acids is 3. The summed E-state index contributed by atoms with van der Waals surface area (Å²) in [6, 6.07) is 5.28. The summed E-state index contributed by atoms with van der Waals surface area (Å²) >= 11 is 0. The van der Waals surface area contributed by atoms with Gasteiger partial charge in [-0.25, -0.2) is 4.39 Å². The van der Waals surface area contributed by atoms with Gasteiger partial charge in [-0.15, -0.1) is 0 Å². The standard InChI is InChI=1S/C20H26FNO4/c1-13-5-3-4-6-17(13)22-20(25)14(2)26-19(24)12-11-18(23)15-7-9-16(21)10-8-15/h7-10,13-14,17H,3-6,11-12H2,1-2H3,(H,22,25)/t13-,14-,17-/m0/s1. The number of esters is 1. The molecule has 1 aromatic rings. The Hall–Kier alpha value is -2.24. The molecule has 0 radical (unpaired) electrons. The molecule has 0 aliphatic heterocycles. The summed E-state index contributed by atoms with van der Waals surface area (Å²) in [5, 5.41) is 2.95. The van der Waals surface area contributed by atoms with E-state index in [9.17, 15) is 18.8 Å². The second-order valence-electron chi connectivity index (χ2n) is 6.94. The maximum absolute atomic E-state index is 12.9. The smallest absolute Gasteiger partial charge is 0.307 e. The normalized spacial score (nSPS) is 20.9. The van der Waals surface area contributed by atoms with Crippen LogP contribution in [0.3, 0.4) is 0 Å². The van der Waals surface area contributed by atoms with Gasteiger partial charge < -0.3 is 10.1 Å². The van der Waals surface area contributed by atoms with Crippen molar-refractivity contribution >= 4 is 17.7 Å². The summed E-state index contributed by atoms with van der Waals surface area (Å²) in [6.45, 7) is 3.64. The zero-order valence-corrected chi connectivity index (χ0v) is 15.3. The van der Waals surface area contributed by atoms with Gasteiger partial charge >= 0.3 is 5.97 Å². The number of halogens is 1. The van der Waals surface area contributed by atoms with E-state index < -0.39 is 17.9 Å². The summed E-state index contributed by atoms with van der Waals surface area (Å²) in [6.07, 6.45) is 3.25. The van der Waals surface area contributed by atoms with E-state index in [2.05, 4.69) is 12.2 Å². The van der Waals surface area contributed by atoms with Crippen molar-refractivity contribution in [3.8, 4) is 0 Å². The fourth-order valence-corrected chi connectivity index (χ4v) is 3.14. The van der Waals surface area contributed by atoms with E-state index in [1.807, 2.05) is 0 Å². The molecular formula is C20H26FNO4. The first kappa shape index (κ1) is 20.1. The summed E-state index contributed by atoms with van der Waals surface area (Å²) < 4.78 is 18.0. The highest BCUT2D eigenvalue weighted by molar-refractivity contribution is 5.97. The van der Waals surface area contributed by atoms with E-state index in [0.29, 0.717) is 11.5 Å². The van der Waals surface area contributed by atoms with Gasteiger partial charge in [0.15, 0.2) is 11.9 Å². The molecule has 1 saturated carbocycles. The Labute approximate surface area is 153 Å². The largest absolute Gasteiger partial charge is 0.453 e. The van der Waals surface area contributed by atoms with Crippen LogP contribution in [0.25, 0.3) is 0 Å². The highest BCUT2D eigenvalue weighted by atomic mass is 19.1. The molecule has 0 spiro atoms. The minimum Gasteiger partial charge on any atom is -0.453 e. The van der Waals surface area contributed by atoms with Crippen molar-refractivity contribution in [2.24, 2.45) is 5.92 Å². The van der Waals surface area contributed by atoms with E-state index in [-0.39, 0.29) is 30.6 Å². The quantitative estimate of drug-likeness (QED) is 0.595. The van der Waals surface area contributed by atoms with Crippen molar-refractivity contribution in [2.45, 2.75) is 64.5 Å². The first-order valence-corrected chi connectivity index (χ1v) is 9.15. The number of Topliss-reactive ketones (excluding diaryl/α,β-unsaturated/α-hetero) is 1. The van der Waals surface area contributed by atoms with Crippen LogP contribution in [0.5, 0.6) is 0 Å². The second-order valence-corrected chi connectivity index (χ2v) is 6.94.